The number of carbonyl (C=O) groups is 2. The highest BCUT2D eigenvalue weighted by Gasteiger charge is 2.36. The molecular weight excluding hydrogens is 498 g/mol. The van der Waals surface area contributed by atoms with Crippen LogP contribution in [0.4, 0.5) is 5.69 Å². The van der Waals surface area contributed by atoms with Crippen LogP contribution in [-0.2, 0) is 14.3 Å². The van der Waals surface area contributed by atoms with Gasteiger partial charge in [0.05, 0.1) is 30.5 Å². The lowest BCUT2D eigenvalue weighted by Gasteiger charge is -2.18. The quantitative estimate of drug-likeness (QED) is 0.0761. The summed E-state index contributed by atoms with van der Waals surface area (Å²) in [5, 5.41) is 0. The molecule has 1 aliphatic heterocycles. The number of amides is 1. The Hall–Kier alpha value is -3.08. The van der Waals surface area contributed by atoms with Gasteiger partial charge in [-0.05, 0) is 25.5 Å². The smallest absolute Gasteiger partial charge is 0.337 e. The maximum absolute atomic E-state index is 13.8. The number of unbranched alkanes of at least 4 members (excludes halogenated alkanes) is 13. The van der Waals surface area contributed by atoms with Crippen LogP contribution in [0.2, 0.25) is 0 Å². The Labute approximate surface area is 241 Å². The summed E-state index contributed by atoms with van der Waals surface area (Å²) >= 11 is 0. The number of anilines is 1. The van der Waals surface area contributed by atoms with Crippen LogP contribution in [0.25, 0.3) is 11.3 Å². The minimum Gasteiger partial charge on any atom is -0.492 e. The molecule has 5 nitrogen and oxygen atoms in total. The molecule has 1 amide bonds. The molecule has 0 spiro atoms. The van der Waals surface area contributed by atoms with Crippen molar-refractivity contribution in [2.24, 2.45) is 0 Å². The Morgan fingerprint density at radius 2 is 1.30 bits per heavy atom. The number of fused-ring (bicyclic) bond motifs is 1. The van der Waals surface area contributed by atoms with Gasteiger partial charge in [0.25, 0.3) is 5.91 Å². The molecule has 40 heavy (non-hydrogen) atoms. The zero-order chi connectivity index (χ0) is 28.6. The van der Waals surface area contributed by atoms with E-state index in [1.807, 2.05) is 48.2 Å². The number of hydrogen-bond acceptors (Lipinski definition) is 4. The van der Waals surface area contributed by atoms with Gasteiger partial charge in [0.2, 0.25) is 0 Å². The van der Waals surface area contributed by atoms with Crippen LogP contribution in [-0.4, -0.2) is 32.1 Å². The monoisotopic (exact) mass is 547 g/mol. The van der Waals surface area contributed by atoms with Gasteiger partial charge in [-0.2, -0.15) is 0 Å². The summed E-state index contributed by atoms with van der Waals surface area (Å²) in [6.07, 6.45) is 18.1. The number of nitrogens with zero attached hydrogens (tertiary/aromatic N) is 1. The second-order valence-corrected chi connectivity index (χ2v) is 10.8. The first-order chi connectivity index (χ1) is 19.6. The molecule has 1 heterocycles. The van der Waals surface area contributed by atoms with E-state index in [4.69, 9.17) is 9.47 Å². The van der Waals surface area contributed by atoms with Gasteiger partial charge in [-0.15, -0.1) is 0 Å². The molecule has 2 aromatic carbocycles. The first-order valence-corrected chi connectivity index (χ1v) is 15.6. The van der Waals surface area contributed by atoms with Crippen molar-refractivity contribution >= 4 is 28.9 Å². The molecule has 3 rings (SSSR count). The third-order valence-corrected chi connectivity index (χ3v) is 7.72. The first kappa shape index (κ1) is 31.4. The van der Waals surface area contributed by atoms with E-state index in [9.17, 15) is 9.59 Å². The zero-order valence-corrected chi connectivity index (χ0v) is 25.0. The van der Waals surface area contributed by atoms with E-state index in [2.05, 4.69) is 6.92 Å². The van der Waals surface area contributed by atoms with Crippen LogP contribution >= 0.6 is 0 Å². The van der Waals surface area contributed by atoms with E-state index in [0.29, 0.717) is 30.0 Å². The van der Waals surface area contributed by atoms with Gasteiger partial charge >= 0.3 is 5.97 Å². The molecule has 0 aliphatic carbocycles. The van der Waals surface area contributed by atoms with E-state index < -0.39 is 5.97 Å². The van der Waals surface area contributed by atoms with Crippen molar-refractivity contribution in [2.75, 3.05) is 25.2 Å². The van der Waals surface area contributed by atoms with Crippen LogP contribution in [0.15, 0.2) is 48.5 Å². The largest absolute Gasteiger partial charge is 0.492 e. The van der Waals surface area contributed by atoms with Crippen LogP contribution in [0, 0.1) is 0 Å². The summed E-state index contributed by atoms with van der Waals surface area (Å²) < 4.78 is 11.0. The molecule has 0 radical (unpaired) electrons. The average molecular weight is 548 g/mol. The fraction of sp³-hybridized carbons (Fsp3) is 0.543. The molecule has 0 bridgehead atoms. The number of ether oxygens (including phenoxy) is 2. The highest BCUT2D eigenvalue weighted by atomic mass is 16.5. The minimum atomic E-state index is -0.405. The second kappa shape index (κ2) is 17.6. The molecular formula is C35H49NO4. The Kier molecular flexibility index (Phi) is 13.8. The number of benzene rings is 2. The maximum atomic E-state index is 13.8. The summed E-state index contributed by atoms with van der Waals surface area (Å²) in [5.41, 5.74) is 3.43. The van der Waals surface area contributed by atoms with Crippen LogP contribution < -0.4 is 4.90 Å². The summed E-state index contributed by atoms with van der Waals surface area (Å²) in [7, 11) is 1.38. The molecule has 0 saturated carbocycles. The van der Waals surface area contributed by atoms with Crippen LogP contribution in [0.5, 0.6) is 0 Å². The molecule has 0 N–H and O–H groups in total. The van der Waals surface area contributed by atoms with E-state index in [1.165, 1.54) is 84.2 Å². The average Bonchev–Trinajstić information content (AvgIpc) is 3.26. The van der Waals surface area contributed by atoms with E-state index in [1.54, 1.807) is 12.1 Å². The Morgan fingerprint density at radius 3 is 1.85 bits per heavy atom. The lowest BCUT2D eigenvalue weighted by Crippen LogP contribution is -2.28. The van der Waals surface area contributed by atoms with Crippen molar-refractivity contribution in [3.8, 4) is 0 Å². The molecule has 0 aromatic heterocycles. The Balaban J connectivity index is 1.57. The minimum absolute atomic E-state index is 0.0704. The lowest BCUT2D eigenvalue weighted by molar-refractivity contribution is -0.113. The molecule has 5 heteroatoms. The molecule has 0 saturated heterocycles. The summed E-state index contributed by atoms with van der Waals surface area (Å²) in [5.74, 6) is 0.111. The van der Waals surface area contributed by atoms with Gasteiger partial charge < -0.3 is 14.4 Å². The second-order valence-electron chi connectivity index (χ2n) is 10.8. The standard InChI is InChI=1S/C35H49NO4/c1-4-6-7-8-9-10-11-12-13-14-15-16-17-21-26-36-31-27-29(35(38)39-3)24-25-30(31)32(34(36)37)33(40-5-2)28-22-19-18-20-23-28/h18-20,22-25,27H,4-17,21,26H2,1-3H3/b33-32+. The van der Waals surface area contributed by atoms with Crippen molar-refractivity contribution in [3.63, 3.8) is 0 Å². The van der Waals surface area contributed by atoms with Crippen molar-refractivity contribution in [1.82, 2.24) is 0 Å². The number of methoxy groups -OCH3 is 1. The van der Waals surface area contributed by atoms with Crippen LogP contribution in [0.3, 0.4) is 0 Å². The number of carbonyl (C=O) groups excluding carboxylic acids is 2. The van der Waals surface area contributed by atoms with Gasteiger partial charge in [-0.3, -0.25) is 4.79 Å². The van der Waals surface area contributed by atoms with Gasteiger partial charge in [-0.1, -0.05) is 127 Å². The fourth-order valence-electron chi connectivity index (χ4n) is 5.51. The third kappa shape index (κ3) is 8.97. The molecule has 2 aromatic rings. The Bertz CT molecular complexity index is 1090. The third-order valence-electron chi connectivity index (χ3n) is 7.72. The lowest BCUT2D eigenvalue weighted by atomic mass is 10.0. The highest BCUT2D eigenvalue weighted by Crippen LogP contribution is 2.42. The number of hydrogen-bond donors (Lipinski definition) is 0. The summed E-state index contributed by atoms with van der Waals surface area (Å²) in [6, 6.07) is 15.1. The molecule has 1 aliphatic rings. The predicted molar refractivity (Wildman–Crippen MR) is 165 cm³/mol. The van der Waals surface area contributed by atoms with Crippen molar-refractivity contribution < 1.29 is 19.1 Å². The number of rotatable bonds is 19. The first-order valence-electron chi connectivity index (χ1n) is 15.6. The summed E-state index contributed by atoms with van der Waals surface area (Å²) in [6.45, 7) is 5.27. The zero-order valence-electron chi connectivity index (χ0n) is 25.0. The highest BCUT2D eigenvalue weighted by molar-refractivity contribution is 6.37. The van der Waals surface area contributed by atoms with Gasteiger partial charge in [0.1, 0.15) is 5.76 Å². The van der Waals surface area contributed by atoms with Gasteiger partial charge in [0, 0.05) is 17.7 Å². The molecule has 0 atom stereocenters. The summed E-state index contributed by atoms with van der Waals surface area (Å²) in [4.78, 5) is 27.9. The van der Waals surface area contributed by atoms with Crippen molar-refractivity contribution in [1.29, 1.82) is 0 Å². The molecule has 0 unspecified atom stereocenters. The number of esters is 1. The van der Waals surface area contributed by atoms with Crippen molar-refractivity contribution in [2.45, 2.75) is 104 Å². The maximum Gasteiger partial charge on any atom is 0.337 e. The van der Waals surface area contributed by atoms with Crippen molar-refractivity contribution in [3.05, 3.63) is 65.2 Å². The normalized spacial score (nSPS) is 13.9. The topological polar surface area (TPSA) is 55.8 Å². The van der Waals surface area contributed by atoms with E-state index >= 15 is 0 Å². The molecule has 0 fully saturated rings. The van der Waals surface area contributed by atoms with E-state index in [-0.39, 0.29) is 5.91 Å². The van der Waals surface area contributed by atoms with Gasteiger partial charge in [-0.25, -0.2) is 4.79 Å². The predicted octanol–water partition coefficient (Wildman–Crippen LogP) is 9.21. The fourth-order valence-corrected chi connectivity index (χ4v) is 5.51. The Morgan fingerprint density at radius 1 is 0.725 bits per heavy atom. The molecule has 218 valence electrons. The van der Waals surface area contributed by atoms with Gasteiger partial charge in [0.15, 0.2) is 0 Å². The van der Waals surface area contributed by atoms with E-state index in [0.717, 1.165) is 29.7 Å². The van der Waals surface area contributed by atoms with Crippen LogP contribution in [0.1, 0.15) is 125 Å². The SMILES string of the molecule is CCCCCCCCCCCCCCCCN1C(=O)/C(=C(/OCC)c2ccccc2)c2ccc(C(=O)OC)cc21.